The van der Waals surface area contributed by atoms with Gasteiger partial charge in [0.05, 0.1) is 0 Å². The quantitative estimate of drug-likeness (QED) is 0.430. The average Bonchev–Trinajstić information content (AvgIpc) is 0.811. The average molecular weight is 236 g/mol. The number of hydrogen-bond donors (Lipinski definition) is 0. The first-order valence-corrected chi connectivity index (χ1v) is 1.64. The topological polar surface area (TPSA) is 69.2 Å². The van der Waals surface area contributed by atoms with Crippen LogP contribution in [0.5, 0.6) is 0 Å². The summed E-state index contributed by atoms with van der Waals surface area (Å²) in [7, 11) is -3.37. The molecule has 0 aliphatic rings. The standard InChI is InChI=1S/Gd.O3P/c;1-4(2)3/q+3;-3. The molecular formula is GdO3P. The molecule has 0 aliphatic carbocycles. The minimum Gasteiger partial charge on any atom is -0.854 e. The summed E-state index contributed by atoms with van der Waals surface area (Å²) >= 11 is 0. The van der Waals surface area contributed by atoms with Gasteiger partial charge in [0.2, 0.25) is 0 Å². The van der Waals surface area contributed by atoms with Crippen molar-refractivity contribution in [1.29, 1.82) is 0 Å². The van der Waals surface area contributed by atoms with Gasteiger partial charge in [0.1, 0.15) is 0 Å². The first-order chi connectivity index (χ1) is 1.73. The van der Waals surface area contributed by atoms with Crippen LogP contribution in [-0.4, -0.2) is 0 Å². The van der Waals surface area contributed by atoms with Crippen molar-refractivity contribution < 1.29 is 54.6 Å². The summed E-state index contributed by atoms with van der Waals surface area (Å²) < 4.78 is 0. The molecule has 0 aliphatic heterocycles. The van der Waals surface area contributed by atoms with E-state index in [0.29, 0.717) is 0 Å². The van der Waals surface area contributed by atoms with E-state index in [2.05, 4.69) is 0 Å². The van der Waals surface area contributed by atoms with Crippen LogP contribution >= 0.6 is 8.60 Å². The first kappa shape index (κ1) is 9.81. The van der Waals surface area contributed by atoms with E-state index in [1.807, 2.05) is 0 Å². The summed E-state index contributed by atoms with van der Waals surface area (Å²) in [6, 6.07) is 0. The van der Waals surface area contributed by atoms with Gasteiger partial charge in [-0.3, -0.25) is 0 Å². The van der Waals surface area contributed by atoms with Gasteiger partial charge < -0.3 is 23.3 Å². The molecule has 0 heterocycles. The molecule has 5 heteroatoms. The van der Waals surface area contributed by atoms with Crippen LogP contribution in [0.25, 0.3) is 0 Å². The molecular weight excluding hydrogens is 236 g/mol. The zero-order chi connectivity index (χ0) is 3.58. The molecule has 0 rings (SSSR count). The normalized spacial score (nSPS) is 7.20. The Morgan fingerprint density at radius 1 is 1.00 bits per heavy atom. The molecule has 0 saturated carbocycles. The van der Waals surface area contributed by atoms with E-state index in [-0.39, 0.29) is 39.9 Å². The Morgan fingerprint density at radius 2 is 1.00 bits per heavy atom. The Labute approximate surface area is 62.7 Å². The fraction of sp³-hybridized carbons (Fsp3) is 0. The maximum atomic E-state index is 8.48. The van der Waals surface area contributed by atoms with Gasteiger partial charge in [-0.05, 0) is 0 Å². The SMILES string of the molecule is [Gd+3].[O-]P([O-])[O-]. The Balaban J connectivity index is 0. The van der Waals surface area contributed by atoms with Crippen LogP contribution in [0.2, 0.25) is 0 Å². The Kier molecular flexibility index (Phi) is 11.1. The van der Waals surface area contributed by atoms with Crippen molar-refractivity contribution in [2.24, 2.45) is 0 Å². The molecule has 0 atom stereocenters. The number of rotatable bonds is 0. The van der Waals surface area contributed by atoms with E-state index >= 15 is 0 Å². The number of hydrogen-bond acceptors (Lipinski definition) is 3. The minimum absolute atomic E-state index is 0. The van der Waals surface area contributed by atoms with Crippen LogP contribution < -0.4 is 14.7 Å². The third kappa shape index (κ3) is 27.9. The Morgan fingerprint density at radius 3 is 1.00 bits per heavy atom. The maximum absolute atomic E-state index is 8.48. The van der Waals surface area contributed by atoms with Gasteiger partial charge in [0.25, 0.3) is 0 Å². The van der Waals surface area contributed by atoms with E-state index in [9.17, 15) is 0 Å². The molecule has 0 amide bonds. The maximum Gasteiger partial charge on any atom is 3.00 e. The van der Waals surface area contributed by atoms with Crippen LogP contribution in [0.1, 0.15) is 0 Å². The van der Waals surface area contributed by atoms with Crippen molar-refractivity contribution in [1.82, 2.24) is 0 Å². The minimum atomic E-state index is -3.37. The smallest absolute Gasteiger partial charge is 0.854 e. The second kappa shape index (κ2) is 5.63. The van der Waals surface area contributed by atoms with Crippen molar-refractivity contribution in [3.05, 3.63) is 0 Å². The van der Waals surface area contributed by atoms with Gasteiger partial charge in [-0.1, -0.05) is 0 Å². The van der Waals surface area contributed by atoms with E-state index < -0.39 is 8.60 Å². The van der Waals surface area contributed by atoms with Crippen molar-refractivity contribution in [2.45, 2.75) is 0 Å². The van der Waals surface area contributed by atoms with Gasteiger partial charge in [0.15, 0.2) is 0 Å². The van der Waals surface area contributed by atoms with Crippen LogP contribution in [0.15, 0.2) is 0 Å². The van der Waals surface area contributed by atoms with E-state index in [1.54, 1.807) is 0 Å². The van der Waals surface area contributed by atoms with Gasteiger partial charge in [-0.2, -0.15) is 0 Å². The Bertz CT molecular complexity index is 11.6. The summed E-state index contributed by atoms with van der Waals surface area (Å²) in [5, 5.41) is 0. The first-order valence-electron chi connectivity index (χ1n) is 0.548. The predicted molar refractivity (Wildman–Crippen MR) is 6.92 cm³/mol. The molecule has 0 aromatic rings. The van der Waals surface area contributed by atoms with Gasteiger partial charge in [-0.25, -0.2) is 0 Å². The fourth-order valence-corrected chi connectivity index (χ4v) is 0. The van der Waals surface area contributed by atoms with Crippen LogP contribution in [0.4, 0.5) is 0 Å². The molecule has 31 valence electrons. The van der Waals surface area contributed by atoms with E-state index in [4.69, 9.17) is 14.7 Å². The van der Waals surface area contributed by atoms with Gasteiger partial charge in [0, 0.05) is 0 Å². The van der Waals surface area contributed by atoms with Gasteiger partial charge in [-0.15, -0.1) is 0 Å². The van der Waals surface area contributed by atoms with Crippen molar-refractivity contribution in [3.63, 3.8) is 0 Å². The molecule has 0 bridgehead atoms. The third-order valence-electron chi connectivity index (χ3n) is 0. The monoisotopic (exact) mass is 237 g/mol. The summed E-state index contributed by atoms with van der Waals surface area (Å²) in [5.74, 6) is 0. The summed E-state index contributed by atoms with van der Waals surface area (Å²) in [6.45, 7) is 0. The molecule has 0 saturated heterocycles. The predicted octanol–water partition coefficient (Wildman–Crippen LogP) is -2.71. The summed E-state index contributed by atoms with van der Waals surface area (Å²) in [5.41, 5.74) is 0. The van der Waals surface area contributed by atoms with Crippen LogP contribution in [0.3, 0.4) is 0 Å². The molecule has 0 unspecified atom stereocenters. The third-order valence-corrected chi connectivity index (χ3v) is 0. The van der Waals surface area contributed by atoms with Crippen LogP contribution in [-0.2, 0) is 0 Å². The zero-order valence-corrected chi connectivity index (χ0v) is 5.19. The largest absolute Gasteiger partial charge is 3.00 e. The molecule has 0 spiro atoms. The molecule has 0 fully saturated rings. The molecule has 0 N–H and O–H groups in total. The van der Waals surface area contributed by atoms with E-state index in [1.165, 1.54) is 0 Å². The second-order valence-corrected chi connectivity index (χ2v) is 0.671. The molecule has 5 heavy (non-hydrogen) atoms. The molecule has 1 radical (unpaired) electrons. The molecule has 0 aromatic carbocycles. The molecule has 3 nitrogen and oxygen atoms in total. The Hall–Kier alpha value is 1.63. The van der Waals surface area contributed by atoms with E-state index in [0.717, 1.165) is 0 Å². The second-order valence-electron chi connectivity index (χ2n) is 0.224. The van der Waals surface area contributed by atoms with Crippen molar-refractivity contribution in [3.8, 4) is 0 Å². The van der Waals surface area contributed by atoms with Gasteiger partial charge >= 0.3 is 39.9 Å². The van der Waals surface area contributed by atoms with Crippen molar-refractivity contribution in [2.75, 3.05) is 0 Å². The van der Waals surface area contributed by atoms with Crippen molar-refractivity contribution >= 4 is 8.60 Å². The summed E-state index contributed by atoms with van der Waals surface area (Å²) in [6.07, 6.45) is 0. The zero-order valence-electron chi connectivity index (χ0n) is 2.03. The van der Waals surface area contributed by atoms with Crippen LogP contribution in [0, 0.1) is 39.9 Å². The fourth-order valence-electron chi connectivity index (χ4n) is 0. The summed E-state index contributed by atoms with van der Waals surface area (Å²) in [4.78, 5) is 25.4. The molecule has 0 aromatic heterocycles.